The summed E-state index contributed by atoms with van der Waals surface area (Å²) in [5.41, 5.74) is -0.545. The van der Waals surface area contributed by atoms with E-state index in [4.69, 9.17) is 0 Å². The summed E-state index contributed by atoms with van der Waals surface area (Å²) in [6.07, 6.45) is 4.52. The molecule has 0 spiro atoms. The van der Waals surface area contributed by atoms with Crippen molar-refractivity contribution >= 4 is 11.9 Å². The minimum absolute atomic E-state index is 0.0150. The highest BCUT2D eigenvalue weighted by Gasteiger charge is 2.66. The van der Waals surface area contributed by atoms with E-state index in [9.17, 15) is 33.7 Å². The second kappa shape index (κ2) is 9.97. The lowest BCUT2D eigenvalue weighted by atomic mass is 9.43. The van der Waals surface area contributed by atoms with Crippen molar-refractivity contribution < 1.29 is 33.7 Å². The van der Waals surface area contributed by atoms with E-state index in [0.717, 1.165) is 38.5 Å². The zero-order valence-corrected chi connectivity index (χ0v) is 23.2. The van der Waals surface area contributed by atoms with Crippen molar-refractivity contribution in [3.05, 3.63) is 0 Å². The Morgan fingerprint density at radius 1 is 1.03 bits per heavy atom. The number of hydrogen-bond acceptors (Lipinski definition) is 4. The van der Waals surface area contributed by atoms with E-state index < -0.39 is 35.4 Å². The fourth-order valence-electron chi connectivity index (χ4n) is 10.3. The number of piperidine rings is 1. The summed E-state index contributed by atoms with van der Waals surface area (Å²) in [5.74, 6) is -3.30. The maximum atomic E-state index is 14.8. The molecular weight excluding hydrogens is 492 g/mol. The van der Waals surface area contributed by atoms with Gasteiger partial charge in [-0.15, -0.1) is 0 Å². The third-order valence-electron chi connectivity index (χ3n) is 12.4. The van der Waals surface area contributed by atoms with E-state index in [1.54, 1.807) is 4.90 Å². The zero-order chi connectivity index (χ0) is 27.6. The number of hydrogen-bond donors (Lipinski definition) is 3. The van der Waals surface area contributed by atoms with E-state index in [-0.39, 0.29) is 47.8 Å². The van der Waals surface area contributed by atoms with Crippen LogP contribution in [0.1, 0.15) is 91.4 Å². The maximum absolute atomic E-state index is 14.8. The number of rotatable bonds is 5. The van der Waals surface area contributed by atoms with Gasteiger partial charge in [0.25, 0.3) is 5.92 Å². The standard InChI is InChI=1S/C30H47F2NO5/c1-17(6-9-25(36)33-12-4-5-18(15-33)27(37)38)20-7-8-21-26-22(10-11-28(20,21)2)29(3)16-30(31,32)24(35)14-19(29)13-23(26)34/h17-24,26,34-35H,4-16H2,1-3H3,(H,37,38)/t17-,18+,19-,20-,21?,22?,23?,24-,26?,28-,29+/m1/s1. The molecule has 11 atom stereocenters. The molecule has 1 heterocycles. The second-order valence-corrected chi connectivity index (χ2v) is 14.2. The molecule has 0 aromatic rings. The molecule has 0 aromatic carbocycles. The van der Waals surface area contributed by atoms with Gasteiger partial charge in [0.05, 0.1) is 12.0 Å². The van der Waals surface area contributed by atoms with E-state index in [1.165, 1.54) is 0 Å². The maximum Gasteiger partial charge on any atom is 0.308 e. The third kappa shape index (κ3) is 4.59. The van der Waals surface area contributed by atoms with Gasteiger partial charge >= 0.3 is 5.97 Å². The molecule has 5 fully saturated rings. The van der Waals surface area contributed by atoms with E-state index in [1.807, 2.05) is 6.92 Å². The zero-order valence-electron chi connectivity index (χ0n) is 23.2. The molecule has 38 heavy (non-hydrogen) atoms. The smallest absolute Gasteiger partial charge is 0.308 e. The molecule has 5 rings (SSSR count). The number of nitrogens with zero attached hydrogens (tertiary/aromatic N) is 1. The predicted octanol–water partition coefficient (Wildman–Crippen LogP) is 4.96. The van der Waals surface area contributed by atoms with Crippen LogP contribution in [0.25, 0.3) is 0 Å². The van der Waals surface area contributed by atoms with Crippen LogP contribution in [0.3, 0.4) is 0 Å². The first-order chi connectivity index (χ1) is 17.8. The summed E-state index contributed by atoms with van der Waals surface area (Å²) in [7, 11) is 0. The summed E-state index contributed by atoms with van der Waals surface area (Å²) < 4.78 is 29.5. The van der Waals surface area contributed by atoms with Crippen LogP contribution < -0.4 is 0 Å². The number of halogens is 2. The Labute approximate surface area is 225 Å². The van der Waals surface area contributed by atoms with Crippen LogP contribution in [0.5, 0.6) is 0 Å². The van der Waals surface area contributed by atoms with E-state index in [0.29, 0.717) is 44.2 Å². The Hall–Kier alpha value is -1.28. The lowest BCUT2D eigenvalue weighted by molar-refractivity contribution is -0.236. The number of carbonyl (C=O) groups is 2. The number of aliphatic carboxylic acids is 1. The normalized spacial score (nSPS) is 47.0. The van der Waals surface area contributed by atoms with Crippen molar-refractivity contribution in [1.82, 2.24) is 4.90 Å². The highest BCUT2D eigenvalue weighted by atomic mass is 19.3. The van der Waals surface area contributed by atoms with Crippen LogP contribution in [-0.4, -0.2) is 63.3 Å². The Kier molecular flexibility index (Phi) is 7.41. The highest BCUT2D eigenvalue weighted by Crippen LogP contribution is 2.69. The van der Waals surface area contributed by atoms with Gasteiger partial charge in [0.15, 0.2) is 0 Å². The van der Waals surface area contributed by atoms with Gasteiger partial charge in [-0.2, -0.15) is 0 Å². The first kappa shape index (κ1) is 28.3. The average molecular weight is 540 g/mol. The quantitative estimate of drug-likeness (QED) is 0.459. The SMILES string of the molecule is C[C@H](CCC(=O)N1CCC[C@H](C(=O)O)C1)[C@H]1CCC2C3C(O)C[C@@H]4C[C@@H](O)C(F)(F)C[C@]4(C)C3CC[C@@]21C. The first-order valence-electron chi connectivity index (χ1n) is 15.0. The fourth-order valence-corrected chi connectivity index (χ4v) is 10.3. The molecule has 1 amide bonds. The van der Waals surface area contributed by atoms with Crippen molar-refractivity contribution in [2.45, 2.75) is 110 Å². The predicted molar refractivity (Wildman–Crippen MR) is 138 cm³/mol. The van der Waals surface area contributed by atoms with Crippen LogP contribution in [-0.2, 0) is 9.59 Å². The molecule has 1 saturated heterocycles. The Balaban J connectivity index is 1.25. The highest BCUT2D eigenvalue weighted by molar-refractivity contribution is 5.78. The Morgan fingerprint density at radius 3 is 2.45 bits per heavy atom. The number of carboxylic acids is 1. The Morgan fingerprint density at radius 2 is 1.74 bits per heavy atom. The third-order valence-corrected chi connectivity index (χ3v) is 12.4. The van der Waals surface area contributed by atoms with Gasteiger partial charge in [-0.1, -0.05) is 20.8 Å². The van der Waals surface area contributed by atoms with Gasteiger partial charge in [0.1, 0.15) is 6.10 Å². The van der Waals surface area contributed by atoms with Gasteiger partial charge in [-0.05, 0) is 104 Å². The molecule has 0 radical (unpaired) electrons. The molecule has 0 aromatic heterocycles. The molecule has 4 aliphatic carbocycles. The van der Waals surface area contributed by atoms with E-state index in [2.05, 4.69) is 13.8 Å². The van der Waals surface area contributed by atoms with Crippen LogP contribution >= 0.6 is 0 Å². The van der Waals surface area contributed by atoms with Crippen molar-refractivity contribution in [3.8, 4) is 0 Å². The molecule has 0 bridgehead atoms. The topological polar surface area (TPSA) is 98.1 Å². The number of carbonyl (C=O) groups excluding carboxylic acids is 1. The van der Waals surface area contributed by atoms with Gasteiger partial charge in [0.2, 0.25) is 5.91 Å². The number of likely N-dealkylation sites (tertiary alicyclic amines) is 1. The number of fused-ring (bicyclic) bond motifs is 5. The summed E-state index contributed by atoms with van der Waals surface area (Å²) in [4.78, 5) is 26.1. The average Bonchev–Trinajstić information content (AvgIpc) is 3.21. The number of amides is 1. The number of aliphatic hydroxyl groups excluding tert-OH is 2. The van der Waals surface area contributed by atoms with Crippen LogP contribution in [0.4, 0.5) is 8.78 Å². The van der Waals surface area contributed by atoms with Gasteiger partial charge in [-0.25, -0.2) is 8.78 Å². The van der Waals surface area contributed by atoms with Gasteiger partial charge in [-0.3, -0.25) is 9.59 Å². The van der Waals surface area contributed by atoms with Crippen LogP contribution in [0.15, 0.2) is 0 Å². The molecular formula is C30H47F2NO5. The molecule has 3 N–H and O–H groups in total. The lowest BCUT2D eigenvalue weighted by Crippen LogP contribution is -2.62. The molecule has 4 unspecified atom stereocenters. The first-order valence-corrected chi connectivity index (χ1v) is 15.0. The minimum Gasteiger partial charge on any atom is -0.481 e. The molecule has 6 nitrogen and oxygen atoms in total. The van der Waals surface area contributed by atoms with Gasteiger partial charge < -0.3 is 20.2 Å². The molecule has 8 heteroatoms. The summed E-state index contributed by atoms with van der Waals surface area (Å²) in [6.45, 7) is 7.51. The molecule has 4 saturated carbocycles. The van der Waals surface area contributed by atoms with Crippen LogP contribution in [0, 0.1) is 52.3 Å². The minimum atomic E-state index is -3.07. The molecule has 5 aliphatic rings. The van der Waals surface area contributed by atoms with E-state index >= 15 is 0 Å². The number of aliphatic hydroxyl groups is 2. The van der Waals surface area contributed by atoms with Crippen molar-refractivity contribution in [1.29, 1.82) is 0 Å². The van der Waals surface area contributed by atoms with Crippen molar-refractivity contribution in [2.24, 2.45) is 52.3 Å². The fraction of sp³-hybridized carbons (Fsp3) is 0.933. The van der Waals surface area contributed by atoms with Crippen molar-refractivity contribution in [2.75, 3.05) is 13.1 Å². The summed E-state index contributed by atoms with van der Waals surface area (Å²) >= 11 is 0. The summed E-state index contributed by atoms with van der Waals surface area (Å²) in [6, 6.07) is 0. The molecule has 1 aliphatic heterocycles. The van der Waals surface area contributed by atoms with Gasteiger partial charge in [0, 0.05) is 25.9 Å². The Bertz CT molecular complexity index is 930. The van der Waals surface area contributed by atoms with Crippen molar-refractivity contribution in [3.63, 3.8) is 0 Å². The molecule has 216 valence electrons. The second-order valence-electron chi connectivity index (χ2n) is 14.2. The number of carboxylic acid groups (broad SMARTS) is 1. The van der Waals surface area contributed by atoms with Crippen LogP contribution in [0.2, 0.25) is 0 Å². The number of alkyl halides is 2. The monoisotopic (exact) mass is 539 g/mol. The largest absolute Gasteiger partial charge is 0.481 e. The summed E-state index contributed by atoms with van der Waals surface area (Å²) in [5, 5.41) is 30.8. The lowest BCUT2D eigenvalue weighted by Gasteiger charge is -2.63.